The summed E-state index contributed by atoms with van der Waals surface area (Å²) in [4.78, 5) is 13.0. The molecule has 1 fully saturated rings. The van der Waals surface area contributed by atoms with Gasteiger partial charge in [0, 0.05) is 13.1 Å². The van der Waals surface area contributed by atoms with Crippen LogP contribution in [-0.2, 0) is 0 Å². The van der Waals surface area contributed by atoms with Crippen molar-refractivity contribution in [2.75, 3.05) is 18.0 Å². The van der Waals surface area contributed by atoms with Gasteiger partial charge in [-0.15, -0.1) is 0 Å². The lowest BCUT2D eigenvalue weighted by molar-refractivity contribution is 0.0692. The molecular weight excluding hydrogens is 209 g/mol. The maximum absolute atomic E-state index is 13.4. The summed E-state index contributed by atoms with van der Waals surface area (Å²) in [5, 5.41) is 9.01. The fourth-order valence-electron chi connectivity index (χ4n) is 2.14. The van der Waals surface area contributed by atoms with Gasteiger partial charge < -0.3 is 10.0 Å². The fraction of sp³-hybridized carbons (Fsp3) is 0.417. The second-order valence-electron chi connectivity index (χ2n) is 4.28. The van der Waals surface area contributed by atoms with E-state index in [1.165, 1.54) is 6.07 Å². The molecule has 0 spiro atoms. The van der Waals surface area contributed by atoms with E-state index in [4.69, 9.17) is 5.11 Å². The molecule has 4 heteroatoms. The summed E-state index contributed by atoms with van der Waals surface area (Å²) in [7, 11) is 0. The number of hydrogen-bond donors (Lipinski definition) is 1. The van der Waals surface area contributed by atoms with Gasteiger partial charge in [0.05, 0.1) is 5.69 Å². The molecule has 1 N–H and O–H groups in total. The van der Waals surface area contributed by atoms with Crippen molar-refractivity contribution >= 4 is 11.7 Å². The summed E-state index contributed by atoms with van der Waals surface area (Å²) in [6.07, 6.45) is 1.02. The van der Waals surface area contributed by atoms with Crippen LogP contribution >= 0.6 is 0 Å². The van der Waals surface area contributed by atoms with E-state index < -0.39 is 11.8 Å². The molecule has 1 heterocycles. The molecule has 0 aliphatic carbocycles. The van der Waals surface area contributed by atoms with E-state index in [1.807, 2.05) is 4.90 Å². The van der Waals surface area contributed by atoms with Crippen LogP contribution in [0, 0.1) is 11.7 Å². The summed E-state index contributed by atoms with van der Waals surface area (Å²) in [6.45, 7) is 3.70. The minimum atomic E-state index is -1.20. The van der Waals surface area contributed by atoms with E-state index >= 15 is 0 Å². The maximum Gasteiger partial charge on any atom is 0.340 e. The van der Waals surface area contributed by atoms with Crippen molar-refractivity contribution in [2.45, 2.75) is 13.3 Å². The number of carboxylic acid groups (broad SMARTS) is 1. The number of carboxylic acids is 1. The first-order valence-corrected chi connectivity index (χ1v) is 5.36. The minimum Gasteiger partial charge on any atom is -0.478 e. The molecule has 1 unspecified atom stereocenters. The van der Waals surface area contributed by atoms with Crippen LogP contribution in [0.2, 0.25) is 0 Å². The molecule has 0 aromatic heterocycles. The monoisotopic (exact) mass is 223 g/mol. The Hall–Kier alpha value is -1.58. The Labute approximate surface area is 93.5 Å². The van der Waals surface area contributed by atoms with Crippen LogP contribution in [0.3, 0.4) is 0 Å². The lowest BCUT2D eigenvalue weighted by Gasteiger charge is -2.20. The Morgan fingerprint density at radius 1 is 1.56 bits per heavy atom. The molecule has 1 saturated heterocycles. The summed E-state index contributed by atoms with van der Waals surface area (Å²) in [6, 6.07) is 4.41. The van der Waals surface area contributed by atoms with E-state index in [0.29, 0.717) is 11.6 Å². The van der Waals surface area contributed by atoms with Gasteiger partial charge in [0.15, 0.2) is 0 Å². The molecule has 3 nitrogen and oxygen atoms in total. The third-order valence-corrected chi connectivity index (χ3v) is 2.97. The molecule has 0 bridgehead atoms. The number of hydrogen-bond acceptors (Lipinski definition) is 2. The van der Waals surface area contributed by atoms with Crippen molar-refractivity contribution in [2.24, 2.45) is 5.92 Å². The minimum absolute atomic E-state index is 0.211. The molecule has 1 aromatic rings. The van der Waals surface area contributed by atoms with Crippen LogP contribution in [0.1, 0.15) is 23.7 Å². The van der Waals surface area contributed by atoms with Gasteiger partial charge >= 0.3 is 5.97 Å². The van der Waals surface area contributed by atoms with Crippen LogP contribution in [0.5, 0.6) is 0 Å². The zero-order valence-electron chi connectivity index (χ0n) is 9.11. The molecule has 1 aromatic carbocycles. The highest BCUT2D eigenvalue weighted by atomic mass is 19.1. The third kappa shape index (κ3) is 1.87. The zero-order valence-corrected chi connectivity index (χ0v) is 9.11. The van der Waals surface area contributed by atoms with Gasteiger partial charge in [-0.1, -0.05) is 13.0 Å². The topological polar surface area (TPSA) is 40.5 Å². The predicted molar refractivity (Wildman–Crippen MR) is 59.4 cm³/mol. The standard InChI is InChI=1S/C12H14FNO2/c1-8-5-6-14(7-8)10-4-2-3-9(13)11(10)12(15)16/h2-4,8H,5-7H2,1H3,(H,15,16). The summed E-state index contributed by atoms with van der Waals surface area (Å²) < 4.78 is 13.4. The number of anilines is 1. The largest absolute Gasteiger partial charge is 0.478 e. The van der Waals surface area contributed by atoms with E-state index in [2.05, 4.69) is 6.92 Å². The van der Waals surface area contributed by atoms with Gasteiger partial charge in [-0.25, -0.2) is 9.18 Å². The Balaban J connectivity index is 2.40. The summed E-state index contributed by atoms with van der Waals surface area (Å²) >= 11 is 0. The van der Waals surface area contributed by atoms with Crippen LogP contribution in [-0.4, -0.2) is 24.2 Å². The summed E-state index contributed by atoms with van der Waals surface area (Å²) in [5.74, 6) is -1.33. The maximum atomic E-state index is 13.4. The van der Waals surface area contributed by atoms with Crippen LogP contribution < -0.4 is 4.90 Å². The molecule has 0 radical (unpaired) electrons. The Kier molecular flexibility index (Phi) is 2.81. The normalized spacial score (nSPS) is 20.1. The first-order valence-electron chi connectivity index (χ1n) is 5.36. The number of rotatable bonds is 2. The van der Waals surface area contributed by atoms with Gasteiger partial charge in [0.1, 0.15) is 11.4 Å². The molecule has 0 saturated carbocycles. The van der Waals surface area contributed by atoms with Crippen molar-refractivity contribution < 1.29 is 14.3 Å². The molecule has 1 aliphatic rings. The van der Waals surface area contributed by atoms with E-state index in [-0.39, 0.29) is 5.56 Å². The lowest BCUT2D eigenvalue weighted by Crippen LogP contribution is -2.22. The van der Waals surface area contributed by atoms with Gasteiger partial charge in [-0.05, 0) is 24.5 Å². The molecule has 1 aliphatic heterocycles. The first-order chi connectivity index (χ1) is 7.59. The molecule has 16 heavy (non-hydrogen) atoms. The van der Waals surface area contributed by atoms with Crippen molar-refractivity contribution in [1.29, 1.82) is 0 Å². The van der Waals surface area contributed by atoms with Gasteiger partial charge in [-0.3, -0.25) is 0 Å². The van der Waals surface area contributed by atoms with Crippen molar-refractivity contribution in [3.05, 3.63) is 29.6 Å². The number of nitrogens with zero attached hydrogens (tertiary/aromatic N) is 1. The predicted octanol–water partition coefficient (Wildman–Crippen LogP) is 2.37. The quantitative estimate of drug-likeness (QED) is 0.836. The number of benzene rings is 1. The van der Waals surface area contributed by atoms with Crippen LogP contribution in [0.15, 0.2) is 18.2 Å². The molecule has 1 atom stereocenters. The van der Waals surface area contributed by atoms with Crippen molar-refractivity contribution in [3.63, 3.8) is 0 Å². The summed E-state index contributed by atoms with van der Waals surface area (Å²) in [5.41, 5.74) is 0.286. The Morgan fingerprint density at radius 3 is 2.88 bits per heavy atom. The Morgan fingerprint density at radius 2 is 2.31 bits per heavy atom. The molecule has 86 valence electrons. The van der Waals surface area contributed by atoms with Crippen molar-refractivity contribution in [1.82, 2.24) is 0 Å². The lowest BCUT2D eigenvalue weighted by atomic mass is 10.1. The fourth-order valence-corrected chi connectivity index (χ4v) is 2.14. The second kappa shape index (κ2) is 4.12. The van der Waals surface area contributed by atoms with Gasteiger partial charge in [-0.2, -0.15) is 0 Å². The van der Waals surface area contributed by atoms with Gasteiger partial charge in [0.2, 0.25) is 0 Å². The highest BCUT2D eigenvalue weighted by Crippen LogP contribution is 2.28. The van der Waals surface area contributed by atoms with E-state index in [0.717, 1.165) is 19.5 Å². The second-order valence-corrected chi connectivity index (χ2v) is 4.28. The Bertz CT molecular complexity index is 419. The van der Waals surface area contributed by atoms with Crippen LogP contribution in [0.4, 0.5) is 10.1 Å². The smallest absolute Gasteiger partial charge is 0.340 e. The number of aromatic carboxylic acids is 1. The molecule has 2 rings (SSSR count). The van der Waals surface area contributed by atoms with Crippen LogP contribution in [0.25, 0.3) is 0 Å². The SMILES string of the molecule is CC1CCN(c2cccc(F)c2C(=O)O)C1. The molecular formula is C12H14FNO2. The zero-order chi connectivity index (χ0) is 11.7. The molecule has 0 amide bonds. The average Bonchev–Trinajstić information content (AvgIpc) is 2.63. The highest BCUT2D eigenvalue weighted by molar-refractivity contribution is 5.94. The van der Waals surface area contributed by atoms with Gasteiger partial charge in [0.25, 0.3) is 0 Å². The van der Waals surface area contributed by atoms with E-state index in [9.17, 15) is 9.18 Å². The number of carbonyl (C=O) groups is 1. The first kappa shape index (κ1) is 10.9. The average molecular weight is 223 g/mol. The number of halogens is 1. The third-order valence-electron chi connectivity index (χ3n) is 2.97. The highest BCUT2D eigenvalue weighted by Gasteiger charge is 2.25. The van der Waals surface area contributed by atoms with E-state index in [1.54, 1.807) is 12.1 Å². The van der Waals surface area contributed by atoms with Crippen molar-refractivity contribution in [3.8, 4) is 0 Å².